The third-order valence-electron chi connectivity index (χ3n) is 4.00. The first-order valence-electron chi connectivity index (χ1n) is 8.88. The number of hydrogen-bond acceptors (Lipinski definition) is 5. The van der Waals surface area contributed by atoms with Crippen LogP contribution in [0.1, 0.15) is 26.3 Å². The van der Waals surface area contributed by atoms with Crippen LogP contribution in [-0.4, -0.2) is 34.0 Å². The van der Waals surface area contributed by atoms with Crippen LogP contribution in [0.2, 0.25) is 5.02 Å². The van der Waals surface area contributed by atoms with Crippen LogP contribution >= 0.6 is 23.4 Å². The van der Waals surface area contributed by atoms with Crippen molar-refractivity contribution in [3.63, 3.8) is 0 Å². The van der Waals surface area contributed by atoms with E-state index in [1.54, 1.807) is 26.8 Å². The van der Waals surface area contributed by atoms with Crippen molar-refractivity contribution in [3.05, 3.63) is 65.2 Å². The zero-order chi connectivity index (χ0) is 20.4. The van der Waals surface area contributed by atoms with E-state index in [-0.39, 0.29) is 6.54 Å². The van der Waals surface area contributed by atoms with Crippen molar-refractivity contribution in [2.24, 2.45) is 0 Å². The lowest BCUT2D eigenvalue weighted by molar-refractivity contribution is -0.166. The van der Waals surface area contributed by atoms with Crippen molar-refractivity contribution in [1.82, 2.24) is 5.06 Å². The first-order valence-corrected chi connectivity index (χ1v) is 10.1. The zero-order valence-corrected chi connectivity index (χ0v) is 17.5. The van der Waals surface area contributed by atoms with Crippen molar-refractivity contribution in [2.75, 3.05) is 6.54 Å². The van der Waals surface area contributed by atoms with Crippen molar-refractivity contribution in [3.8, 4) is 0 Å². The lowest BCUT2D eigenvalue weighted by Crippen LogP contribution is -2.40. The summed E-state index contributed by atoms with van der Waals surface area (Å²) in [5, 5.41) is 1.60. The molecule has 148 valence electrons. The van der Waals surface area contributed by atoms with Crippen LogP contribution in [-0.2, 0) is 20.8 Å². The van der Waals surface area contributed by atoms with Crippen molar-refractivity contribution >= 4 is 35.4 Å². The van der Waals surface area contributed by atoms with Crippen LogP contribution in [0.15, 0.2) is 59.5 Å². The first kappa shape index (κ1) is 20.6. The van der Waals surface area contributed by atoms with E-state index < -0.39 is 22.4 Å². The average Bonchev–Trinajstić information content (AvgIpc) is 2.91. The molecule has 0 aliphatic carbocycles. The topological polar surface area (TPSA) is 55.8 Å². The highest BCUT2D eigenvalue weighted by Gasteiger charge is 2.52. The van der Waals surface area contributed by atoms with E-state index in [1.165, 1.54) is 11.8 Å². The smallest absolute Gasteiger partial charge is 0.442 e. The molecule has 0 radical (unpaired) electrons. The number of benzene rings is 2. The fourth-order valence-corrected chi connectivity index (χ4v) is 4.35. The maximum Gasteiger partial charge on any atom is 0.443 e. The average molecular weight is 420 g/mol. The summed E-state index contributed by atoms with van der Waals surface area (Å²) in [6.07, 6.45) is -0.312. The van der Waals surface area contributed by atoms with Crippen LogP contribution in [0.25, 0.3) is 0 Å². The summed E-state index contributed by atoms with van der Waals surface area (Å²) in [4.78, 5) is 31.6. The largest absolute Gasteiger partial charge is 0.443 e. The number of amides is 1. The molecule has 0 bridgehead atoms. The zero-order valence-electron chi connectivity index (χ0n) is 16.0. The second-order valence-electron chi connectivity index (χ2n) is 7.61. The Kier molecular flexibility index (Phi) is 5.91. The van der Waals surface area contributed by atoms with Gasteiger partial charge < -0.3 is 9.57 Å². The molecule has 0 N–H and O–H groups in total. The molecular weight excluding hydrogens is 398 g/mol. The molecule has 7 heteroatoms. The van der Waals surface area contributed by atoms with Gasteiger partial charge in [-0.25, -0.2) is 9.59 Å². The van der Waals surface area contributed by atoms with E-state index in [0.717, 1.165) is 15.5 Å². The van der Waals surface area contributed by atoms with Crippen molar-refractivity contribution in [2.45, 2.75) is 42.4 Å². The molecule has 0 unspecified atom stereocenters. The van der Waals surface area contributed by atoms with Gasteiger partial charge in [0.25, 0.3) is 0 Å². The molecule has 1 amide bonds. The highest BCUT2D eigenvalue weighted by molar-refractivity contribution is 8.01. The Morgan fingerprint density at radius 3 is 2.57 bits per heavy atom. The molecule has 2 aromatic carbocycles. The van der Waals surface area contributed by atoms with E-state index in [2.05, 4.69) is 0 Å². The number of thioether (sulfide) groups is 1. The Hall–Kier alpha value is -2.18. The third-order valence-corrected chi connectivity index (χ3v) is 5.57. The van der Waals surface area contributed by atoms with E-state index >= 15 is 0 Å². The van der Waals surface area contributed by atoms with Gasteiger partial charge in [-0.2, -0.15) is 0 Å². The Balaban J connectivity index is 1.90. The number of carbonyl (C=O) groups is 2. The van der Waals surface area contributed by atoms with Gasteiger partial charge >= 0.3 is 12.1 Å². The summed E-state index contributed by atoms with van der Waals surface area (Å²) in [7, 11) is 0. The predicted molar refractivity (Wildman–Crippen MR) is 109 cm³/mol. The molecule has 28 heavy (non-hydrogen) atoms. The van der Waals surface area contributed by atoms with Gasteiger partial charge in [-0.05, 0) is 50.6 Å². The molecule has 1 heterocycles. The fraction of sp³-hybridized carbons (Fsp3) is 0.333. The van der Waals surface area contributed by atoms with Crippen molar-refractivity contribution in [1.29, 1.82) is 0 Å². The van der Waals surface area contributed by atoms with E-state index in [9.17, 15) is 9.59 Å². The molecular formula is C21H22ClNO4S. The number of hydrogen-bond donors (Lipinski definition) is 0. The highest BCUT2D eigenvalue weighted by atomic mass is 35.5. The van der Waals surface area contributed by atoms with Gasteiger partial charge in [0.1, 0.15) is 10.3 Å². The maximum absolute atomic E-state index is 12.9. The van der Waals surface area contributed by atoms with Crippen LogP contribution in [0.5, 0.6) is 0 Å². The second-order valence-corrected chi connectivity index (χ2v) is 9.51. The molecule has 3 rings (SSSR count). The standard InChI is InChI=1S/C21H22ClNO4S/c1-20(2,3)26-19(25)23-14-21(18(24)27-23,28-17-10-5-4-6-11-17)13-15-8-7-9-16(22)12-15/h4-12H,13-14H2,1-3H3/t21-/m0/s1. The highest BCUT2D eigenvalue weighted by Crippen LogP contribution is 2.41. The lowest BCUT2D eigenvalue weighted by atomic mass is 9.99. The number of carbonyl (C=O) groups excluding carboxylic acids is 2. The minimum Gasteiger partial charge on any atom is -0.442 e. The number of hydroxylamine groups is 2. The quantitative estimate of drug-likeness (QED) is 0.688. The minimum absolute atomic E-state index is 0.0762. The SMILES string of the molecule is CC(C)(C)OC(=O)N1C[C@](Cc2cccc(Cl)c2)(Sc2ccccc2)C(=O)O1. The van der Waals surface area contributed by atoms with Crippen LogP contribution < -0.4 is 0 Å². The fourth-order valence-electron chi connectivity index (χ4n) is 2.86. The molecule has 1 atom stereocenters. The molecule has 2 aromatic rings. The Labute approximate surface area is 173 Å². The summed E-state index contributed by atoms with van der Waals surface area (Å²) in [5.41, 5.74) is 0.202. The molecule has 0 spiro atoms. The Morgan fingerprint density at radius 2 is 1.93 bits per heavy atom. The van der Waals surface area contributed by atoms with Gasteiger partial charge in [0.15, 0.2) is 0 Å². The predicted octanol–water partition coefficient (Wildman–Crippen LogP) is 5.12. The summed E-state index contributed by atoms with van der Waals surface area (Å²) < 4.78 is 4.37. The molecule has 0 saturated carbocycles. The minimum atomic E-state index is -0.997. The molecule has 1 aliphatic rings. The molecule has 0 aromatic heterocycles. The Morgan fingerprint density at radius 1 is 1.21 bits per heavy atom. The maximum atomic E-state index is 12.9. The summed E-state index contributed by atoms with van der Waals surface area (Å²) in [6, 6.07) is 16.9. The van der Waals surface area contributed by atoms with Crippen molar-refractivity contribution < 1.29 is 19.2 Å². The molecule has 1 aliphatic heterocycles. The molecule has 1 saturated heterocycles. The van der Waals surface area contributed by atoms with Crippen LogP contribution in [0.4, 0.5) is 4.79 Å². The normalized spacial score (nSPS) is 19.4. The summed E-state index contributed by atoms with van der Waals surface area (Å²) >= 11 is 7.50. The molecule has 1 fully saturated rings. The Bertz CT molecular complexity index is 868. The number of halogens is 1. The van der Waals surface area contributed by atoms with E-state index in [1.807, 2.05) is 48.5 Å². The monoisotopic (exact) mass is 419 g/mol. The van der Waals surface area contributed by atoms with Gasteiger partial charge in [0.2, 0.25) is 0 Å². The lowest BCUT2D eigenvalue weighted by Gasteiger charge is -2.25. The van der Waals surface area contributed by atoms with Crippen LogP contribution in [0.3, 0.4) is 0 Å². The van der Waals surface area contributed by atoms with Gasteiger partial charge in [0.05, 0.1) is 6.54 Å². The van der Waals surface area contributed by atoms with E-state index in [0.29, 0.717) is 11.4 Å². The van der Waals surface area contributed by atoms with E-state index in [4.69, 9.17) is 21.2 Å². The molecule has 5 nitrogen and oxygen atoms in total. The van der Waals surface area contributed by atoms with Crippen LogP contribution in [0, 0.1) is 0 Å². The number of rotatable bonds is 4. The summed E-state index contributed by atoms with van der Waals surface area (Å²) in [6.45, 7) is 5.37. The first-order chi connectivity index (χ1) is 13.2. The van der Waals surface area contributed by atoms with Gasteiger partial charge in [-0.3, -0.25) is 0 Å². The third kappa shape index (κ3) is 5.00. The second kappa shape index (κ2) is 8.05. The summed E-state index contributed by atoms with van der Waals surface area (Å²) in [5.74, 6) is -0.479. The van der Waals surface area contributed by atoms with Gasteiger partial charge in [0, 0.05) is 16.3 Å². The number of ether oxygens (including phenoxy) is 1. The van der Waals surface area contributed by atoms with Gasteiger partial charge in [-0.1, -0.05) is 41.9 Å². The number of nitrogens with zero attached hydrogens (tertiary/aromatic N) is 1. The van der Waals surface area contributed by atoms with Gasteiger partial charge in [-0.15, -0.1) is 16.8 Å².